The van der Waals surface area contributed by atoms with Gasteiger partial charge >= 0.3 is 0 Å². The van der Waals surface area contributed by atoms with Gasteiger partial charge < -0.3 is 5.32 Å². The van der Waals surface area contributed by atoms with Gasteiger partial charge in [0.05, 0.1) is 13.2 Å². The third-order valence-electron chi connectivity index (χ3n) is 2.79. The van der Waals surface area contributed by atoms with Crippen LogP contribution in [0.2, 0.25) is 0 Å². The SMILES string of the molecule is O=C(NCC(=O)N1CCCCO1)c1ccc(Br)cc1. The van der Waals surface area contributed by atoms with E-state index in [1.165, 1.54) is 5.06 Å². The molecule has 1 N–H and O–H groups in total. The molecule has 0 spiro atoms. The van der Waals surface area contributed by atoms with Gasteiger partial charge in [0, 0.05) is 16.6 Å². The van der Waals surface area contributed by atoms with E-state index in [1.807, 2.05) is 0 Å². The van der Waals surface area contributed by atoms with Crippen molar-refractivity contribution in [1.29, 1.82) is 0 Å². The van der Waals surface area contributed by atoms with E-state index in [2.05, 4.69) is 21.2 Å². The maximum atomic E-state index is 11.8. The predicted molar refractivity (Wildman–Crippen MR) is 73.4 cm³/mol. The summed E-state index contributed by atoms with van der Waals surface area (Å²) in [5.74, 6) is -0.483. The van der Waals surface area contributed by atoms with Crippen LogP contribution in [-0.4, -0.2) is 36.6 Å². The van der Waals surface area contributed by atoms with E-state index < -0.39 is 0 Å². The van der Waals surface area contributed by atoms with E-state index in [0.717, 1.165) is 17.3 Å². The zero-order chi connectivity index (χ0) is 13.7. The summed E-state index contributed by atoms with van der Waals surface area (Å²) >= 11 is 3.30. The summed E-state index contributed by atoms with van der Waals surface area (Å²) in [5, 5.41) is 3.91. The summed E-state index contributed by atoms with van der Waals surface area (Å²) in [6.07, 6.45) is 1.90. The average molecular weight is 327 g/mol. The van der Waals surface area contributed by atoms with Crippen LogP contribution in [0.25, 0.3) is 0 Å². The van der Waals surface area contributed by atoms with Crippen LogP contribution in [0.5, 0.6) is 0 Å². The Morgan fingerprint density at radius 3 is 2.63 bits per heavy atom. The van der Waals surface area contributed by atoms with E-state index in [1.54, 1.807) is 24.3 Å². The van der Waals surface area contributed by atoms with Gasteiger partial charge in [0.15, 0.2) is 0 Å². The molecule has 1 fully saturated rings. The zero-order valence-corrected chi connectivity index (χ0v) is 12.0. The highest BCUT2D eigenvalue weighted by Gasteiger charge is 2.18. The number of hydrogen-bond donors (Lipinski definition) is 1. The van der Waals surface area contributed by atoms with Crippen molar-refractivity contribution in [2.45, 2.75) is 12.8 Å². The largest absolute Gasteiger partial charge is 0.343 e. The fraction of sp³-hybridized carbons (Fsp3) is 0.385. The zero-order valence-electron chi connectivity index (χ0n) is 10.4. The molecule has 1 aliphatic heterocycles. The lowest BCUT2D eigenvalue weighted by atomic mass is 10.2. The van der Waals surface area contributed by atoms with Crippen LogP contribution in [0.1, 0.15) is 23.2 Å². The first-order valence-electron chi connectivity index (χ1n) is 6.14. The van der Waals surface area contributed by atoms with Crippen molar-refractivity contribution in [1.82, 2.24) is 10.4 Å². The second-order valence-electron chi connectivity index (χ2n) is 4.23. The first-order chi connectivity index (χ1) is 9.16. The lowest BCUT2D eigenvalue weighted by Crippen LogP contribution is -2.42. The van der Waals surface area contributed by atoms with E-state index in [4.69, 9.17) is 4.84 Å². The molecule has 1 aliphatic rings. The van der Waals surface area contributed by atoms with Crippen molar-refractivity contribution in [2.24, 2.45) is 0 Å². The molecule has 1 aromatic carbocycles. The highest BCUT2D eigenvalue weighted by Crippen LogP contribution is 2.10. The summed E-state index contributed by atoms with van der Waals surface area (Å²) in [7, 11) is 0. The highest BCUT2D eigenvalue weighted by molar-refractivity contribution is 9.10. The molecule has 1 saturated heterocycles. The number of carbonyl (C=O) groups is 2. The van der Waals surface area contributed by atoms with Crippen LogP contribution < -0.4 is 5.32 Å². The minimum atomic E-state index is -0.266. The molecule has 0 aliphatic carbocycles. The van der Waals surface area contributed by atoms with Crippen molar-refractivity contribution in [2.75, 3.05) is 19.7 Å². The fourth-order valence-corrected chi connectivity index (χ4v) is 2.01. The molecule has 0 aromatic heterocycles. The first-order valence-corrected chi connectivity index (χ1v) is 6.93. The Morgan fingerprint density at radius 2 is 2.00 bits per heavy atom. The first kappa shape index (κ1) is 14.0. The molecule has 0 saturated carbocycles. The van der Waals surface area contributed by atoms with Gasteiger partial charge in [0.2, 0.25) is 0 Å². The Kier molecular flexibility index (Phi) is 4.93. The second-order valence-corrected chi connectivity index (χ2v) is 5.14. The van der Waals surface area contributed by atoms with Crippen LogP contribution in [0.15, 0.2) is 28.7 Å². The fourth-order valence-electron chi connectivity index (χ4n) is 1.74. The molecule has 102 valence electrons. The number of nitrogens with one attached hydrogen (secondary N) is 1. The monoisotopic (exact) mass is 326 g/mol. The Balaban J connectivity index is 1.82. The highest BCUT2D eigenvalue weighted by atomic mass is 79.9. The normalized spacial score (nSPS) is 15.1. The van der Waals surface area contributed by atoms with Crippen molar-refractivity contribution in [3.8, 4) is 0 Å². The molecule has 1 aromatic rings. The number of benzene rings is 1. The third kappa shape index (κ3) is 4.04. The Morgan fingerprint density at radius 1 is 1.26 bits per heavy atom. The number of nitrogens with zero attached hydrogens (tertiary/aromatic N) is 1. The molecule has 1 heterocycles. The standard InChI is InChI=1S/C13H15BrN2O3/c14-11-5-3-10(4-6-11)13(18)15-9-12(17)16-7-1-2-8-19-16/h3-6H,1-2,7-9H2,(H,15,18). The Hall–Kier alpha value is -1.40. The minimum absolute atomic E-state index is 0.0467. The van der Waals surface area contributed by atoms with Gasteiger partial charge in [0.25, 0.3) is 11.8 Å². The van der Waals surface area contributed by atoms with E-state index in [9.17, 15) is 9.59 Å². The number of amides is 2. The lowest BCUT2D eigenvalue weighted by molar-refractivity contribution is -0.195. The Bertz CT molecular complexity index is 455. The summed E-state index contributed by atoms with van der Waals surface area (Å²) < 4.78 is 0.904. The van der Waals surface area contributed by atoms with Gasteiger partial charge in [-0.1, -0.05) is 15.9 Å². The molecule has 6 heteroatoms. The summed E-state index contributed by atoms with van der Waals surface area (Å²) in [4.78, 5) is 28.8. The number of carbonyl (C=O) groups excluding carboxylic acids is 2. The van der Waals surface area contributed by atoms with Crippen molar-refractivity contribution in [3.63, 3.8) is 0 Å². The van der Waals surface area contributed by atoms with Crippen molar-refractivity contribution < 1.29 is 14.4 Å². The third-order valence-corrected chi connectivity index (χ3v) is 3.32. The van der Waals surface area contributed by atoms with Crippen LogP contribution in [0.4, 0.5) is 0 Å². The number of halogens is 1. The topological polar surface area (TPSA) is 58.6 Å². The van der Waals surface area contributed by atoms with Crippen LogP contribution in [-0.2, 0) is 9.63 Å². The van der Waals surface area contributed by atoms with Crippen LogP contribution in [0, 0.1) is 0 Å². The van der Waals surface area contributed by atoms with Crippen LogP contribution in [0.3, 0.4) is 0 Å². The Labute approximate surface area is 120 Å². The number of hydrogen-bond acceptors (Lipinski definition) is 3. The smallest absolute Gasteiger partial charge is 0.265 e. The molecule has 0 radical (unpaired) electrons. The molecule has 0 atom stereocenters. The quantitative estimate of drug-likeness (QED) is 0.920. The molecule has 19 heavy (non-hydrogen) atoms. The summed E-state index contributed by atoms with van der Waals surface area (Å²) in [6.45, 7) is 1.11. The van der Waals surface area contributed by atoms with Gasteiger partial charge in [-0.15, -0.1) is 0 Å². The predicted octanol–water partition coefficient (Wildman–Crippen LogP) is 1.73. The maximum Gasteiger partial charge on any atom is 0.265 e. The lowest BCUT2D eigenvalue weighted by Gasteiger charge is -2.25. The van der Waals surface area contributed by atoms with Crippen LogP contribution >= 0.6 is 15.9 Å². The molecule has 0 unspecified atom stereocenters. The molecule has 2 amide bonds. The molecule has 0 bridgehead atoms. The van der Waals surface area contributed by atoms with Gasteiger partial charge in [-0.25, -0.2) is 5.06 Å². The molecule has 5 nitrogen and oxygen atoms in total. The van der Waals surface area contributed by atoms with Gasteiger partial charge in [-0.3, -0.25) is 14.4 Å². The molecular weight excluding hydrogens is 312 g/mol. The van der Waals surface area contributed by atoms with Gasteiger partial charge in [0.1, 0.15) is 0 Å². The van der Waals surface area contributed by atoms with Gasteiger partial charge in [-0.2, -0.15) is 0 Å². The van der Waals surface area contributed by atoms with E-state index in [0.29, 0.717) is 18.7 Å². The van der Waals surface area contributed by atoms with Gasteiger partial charge in [-0.05, 0) is 37.1 Å². The number of rotatable bonds is 3. The van der Waals surface area contributed by atoms with E-state index in [-0.39, 0.29) is 18.4 Å². The van der Waals surface area contributed by atoms with E-state index >= 15 is 0 Å². The van der Waals surface area contributed by atoms with Crippen molar-refractivity contribution in [3.05, 3.63) is 34.3 Å². The molecule has 2 rings (SSSR count). The molecular formula is C13H15BrN2O3. The minimum Gasteiger partial charge on any atom is -0.343 e. The summed E-state index contributed by atoms with van der Waals surface area (Å²) in [5.41, 5.74) is 0.524. The average Bonchev–Trinajstić information content (AvgIpc) is 2.46. The van der Waals surface area contributed by atoms with Crippen molar-refractivity contribution >= 4 is 27.7 Å². The summed E-state index contributed by atoms with van der Waals surface area (Å²) in [6, 6.07) is 6.96. The maximum absolute atomic E-state index is 11.8. The number of hydroxylamine groups is 2. The second kappa shape index (κ2) is 6.68.